The summed E-state index contributed by atoms with van der Waals surface area (Å²) in [4.78, 5) is 18.6. The van der Waals surface area contributed by atoms with Gasteiger partial charge in [0.15, 0.2) is 5.96 Å². The molecule has 1 aromatic carbocycles. The third kappa shape index (κ3) is 6.71. The van der Waals surface area contributed by atoms with Crippen molar-refractivity contribution in [2.75, 3.05) is 24.5 Å². The van der Waals surface area contributed by atoms with Crippen LogP contribution in [0.4, 0.5) is 5.69 Å². The van der Waals surface area contributed by atoms with E-state index in [1.54, 1.807) is 6.92 Å². The van der Waals surface area contributed by atoms with Gasteiger partial charge in [-0.2, -0.15) is 0 Å². The zero-order valence-corrected chi connectivity index (χ0v) is 21.7. The van der Waals surface area contributed by atoms with Crippen molar-refractivity contribution in [3.05, 3.63) is 53.0 Å². The Morgan fingerprint density at radius 2 is 1.94 bits per heavy atom. The van der Waals surface area contributed by atoms with Crippen molar-refractivity contribution in [3.8, 4) is 0 Å². The molecule has 2 heterocycles. The maximum atomic E-state index is 12.1. The summed E-state index contributed by atoms with van der Waals surface area (Å²) in [5, 5.41) is 17.4. The molecule has 1 unspecified atom stereocenters. The lowest BCUT2D eigenvalue weighted by atomic mass is 9.96. The summed E-state index contributed by atoms with van der Waals surface area (Å²) in [5.74, 6) is 2.34. The molecule has 3 rings (SSSR count). The Labute approximate surface area is 207 Å². The van der Waals surface area contributed by atoms with E-state index in [-0.39, 0.29) is 29.9 Å². The first-order valence-electron chi connectivity index (χ1n) is 11.0. The van der Waals surface area contributed by atoms with Gasteiger partial charge in [0.05, 0.1) is 13.1 Å². The van der Waals surface area contributed by atoms with E-state index in [4.69, 9.17) is 4.42 Å². The summed E-state index contributed by atoms with van der Waals surface area (Å²) in [6.45, 7) is 9.80. The van der Waals surface area contributed by atoms with Crippen molar-refractivity contribution < 1.29 is 14.3 Å². The molecule has 1 aromatic heterocycles. The average molecular weight is 554 g/mol. The molecule has 32 heavy (non-hydrogen) atoms. The molecule has 8 heteroatoms. The van der Waals surface area contributed by atoms with Gasteiger partial charge in [-0.1, -0.05) is 12.1 Å². The van der Waals surface area contributed by atoms with E-state index in [2.05, 4.69) is 15.6 Å². The van der Waals surface area contributed by atoms with Gasteiger partial charge in [0, 0.05) is 30.8 Å². The number of amides is 1. The normalized spacial score (nSPS) is 16.3. The topological polar surface area (TPSA) is 90.1 Å². The number of hydrogen-bond donors (Lipinski definition) is 3. The number of benzene rings is 1. The Morgan fingerprint density at radius 3 is 2.53 bits per heavy atom. The lowest BCUT2D eigenvalue weighted by molar-refractivity contribution is -0.119. The second-order valence-corrected chi connectivity index (χ2v) is 8.32. The molecule has 1 amide bonds. The number of anilines is 1. The largest absolute Gasteiger partial charge is 0.466 e. The Kier molecular flexibility index (Phi) is 9.57. The zero-order chi connectivity index (χ0) is 22.4. The minimum absolute atomic E-state index is 0. The number of nitrogens with zero attached hydrogens (tertiary/aromatic N) is 2. The van der Waals surface area contributed by atoms with Crippen molar-refractivity contribution in [1.29, 1.82) is 0 Å². The minimum atomic E-state index is -1.08. The second kappa shape index (κ2) is 11.7. The van der Waals surface area contributed by atoms with Gasteiger partial charge in [0.25, 0.3) is 0 Å². The van der Waals surface area contributed by atoms with Crippen LogP contribution in [0.1, 0.15) is 55.8 Å². The molecule has 7 nitrogen and oxygen atoms in total. The molecule has 1 aliphatic rings. The van der Waals surface area contributed by atoms with E-state index in [9.17, 15) is 9.90 Å². The zero-order valence-electron chi connectivity index (χ0n) is 19.4. The van der Waals surface area contributed by atoms with Crippen LogP contribution < -0.4 is 15.5 Å². The molecule has 0 bridgehead atoms. The lowest BCUT2D eigenvalue weighted by Crippen LogP contribution is -2.44. The fourth-order valence-electron chi connectivity index (χ4n) is 3.89. The van der Waals surface area contributed by atoms with E-state index in [1.165, 1.54) is 0 Å². The summed E-state index contributed by atoms with van der Waals surface area (Å²) in [6, 6.07) is 9.87. The number of piperidine rings is 1. The predicted octanol–water partition coefficient (Wildman–Crippen LogP) is 3.99. The van der Waals surface area contributed by atoms with Gasteiger partial charge in [0.2, 0.25) is 5.91 Å². The predicted molar refractivity (Wildman–Crippen MR) is 139 cm³/mol. The van der Waals surface area contributed by atoms with E-state index in [0.29, 0.717) is 32.0 Å². The summed E-state index contributed by atoms with van der Waals surface area (Å²) in [6.07, 6.45) is 2.66. The van der Waals surface area contributed by atoms with Crippen molar-refractivity contribution in [3.63, 3.8) is 0 Å². The molecule has 1 saturated heterocycles. The number of carbonyl (C=O) groups excluding carboxylic acids is 1. The van der Waals surface area contributed by atoms with Crippen LogP contribution >= 0.6 is 24.0 Å². The Balaban J connectivity index is 0.00000363. The Hall–Kier alpha value is -2.07. The van der Waals surface area contributed by atoms with E-state index >= 15 is 0 Å². The number of furan rings is 1. The van der Waals surface area contributed by atoms with Crippen LogP contribution in [-0.2, 0) is 16.9 Å². The quantitative estimate of drug-likeness (QED) is 0.274. The molecule has 176 valence electrons. The van der Waals surface area contributed by atoms with Gasteiger partial charge < -0.3 is 25.1 Å². The Bertz CT molecular complexity index is 922. The number of halogens is 1. The fourth-order valence-corrected chi connectivity index (χ4v) is 3.89. The smallest absolute Gasteiger partial charge is 0.226 e. The van der Waals surface area contributed by atoms with Crippen LogP contribution in [0.3, 0.4) is 0 Å². The van der Waals surface area contributed by atoms with Crippen LogP contribution in [-0.4, -0.2) is 36.6 Å². The first kappa shape index (κ1) is 26.2. The molecule has 0 spiro atoms. The molecular formula is C24H35IN4O3. The first-order chi connectivity index (χ1) is 14.8. The molecule has 0 aliphatic carbocycles. The summed E-state index contributed by atoms with van der Waals surface area (Å²) >= 11 is 0. The molecule has 2 aromatic rings. The standard InChI is InChI=1S/C24H34N4O3.HI/c1-5-25-23(27-16-24(4,30)21-14-17(2)31-18(21)3)26-15-19-9-11-20(12-10-19)28-13-7-6-8-22(28)29;/h9-12,14,30H,5-8,13,15-16H2,1-4H3,(H2,25,26,27);1H. The number of nitrogens with one attached hydrogen (secondary N) is 2. The molecule has 3 N–H and O–H groups in total. The van der Waals surface area contributed by atoms with Gasteiger partial charge in [0.1, 0.15) is 17.1 Å². The first-order valence-corrected chi connectivity index (χ1v) is 11.0. The summed E-state index contributed by atoms with van der Waals surface area (Å²) < 4.78 is 5.56. The number of carbonyl (C=O) groups is 1. The summed E-state index contributed by atoms with van der Waals surface area (Å²) in [7, 11) is 0. The number of aryl methyl sites for hydroxylation is 2. The maximum absolute atomic E-state index is 12.1. The third-order valence-electron chi connectivity index (χ3n) is 5.56. The van der Waals surface area contributed by atoms with Gasteiger partial charge >= 0.3 is 0 Å². The van der Waals surface area contributed by atoms with Crippen molar-refractivity contribution in [2.45, 2.75) is 59.1 Å². The number of aliphatic imine (C=N–C) groups is 1. The second-order valence-electron chi connectivity index (χ2n) is 8.32. The van der Waals surface area contributed by atoms with Crippen LogP contribution in [0.15, 0.2) is 39.7 Å². The minimum Gasteiger partial charge on any atom is -0.466 e. The van der Waals surface area contributed by atoms with Crippen molar-refractivity contribution in [1.82, 2.24) is 10.6 Å². The number of aliphatic hydroxyl groups is 1. The van der Waals surface area contributed by atoms with E-state index < -0.39 is 5.60 Å². The van der Waals surface area contributed by atoms with Crippen molar-refractivity contribution in [2.24, 2.45) is 4.99 Å². The number of hydrogen-bond acceptors (Lipinski definition) is 4. The van der Waals surface area contributed by atoms with Crippen LogP contribution in [0.2, 0.25) is 0 Å². The highest BCUT2D eigenvalue weighted by Gasteiger charge is 2.28. The summed E-state index contributed by atoms with van der Waals surface area (Å²) in [5.41, 5.74) is 1.69. The van der Waals surface area contributed by atoms with Gasteiger partial charge in [-0.3, -0.25) is 4.79 Å². The molecule has 1 fully saturated rings. The fraction of sp³-hybridized carbons (Fsp3) is 0.500. The van der Waals surface area contributed by atoms with Crippen LogP contribution in [0.5, 0.6) is 0 Å². The van der Waals surface area contributed by atoms with Crippen molar-refractivity contribution >= 4 is 41.5 Å². The number of guanidine groups is 1. The van der Waals surface area contributed by atoms with E-state index in [0.717, 1.165) is 47.7 Å². The lowest BCUT2D eigenvalue weighted by Gasteiger charge is -2.26. The third-order valence-corrected chi connectivity index (χ3v) is 5.56. The Morgan fingerprint density at radius 1 is 1.22 bits per heavy atom. The van der Waals surface area contributed by atoms with Gasteiger partial charge in [-0.15, -0.1) is 24.0 Å². The highest BCUT2D eigenvalue weighted by molar-refractivity contribution is 14.0. The SMILES string of the molecule is CCNC(=NCc1ccc(N2CCCCC2=O)cc1)NCC(C)(O)c1cc(C)oc1C.I. The molecule has 0 radical (unpaired) electrons. The molecule has 1 atom stereocenters. The average Bonchev–Trinajstić information content (AvgIpc) is 3.10. The number of rotatable bonds is 7. The van der Waals surface area contributed by atoms with E-state index in [1.807, 2.05) is 56.0 Å². The highest BCUT2D eigenvalue weighted by atomic mass is 127. The highest BCUT2D eigenvalue weighted by Crippen LogP contribution is 2.26. The molecule has 1 aliphatic heterocycles. The monoisotopic (exact) mass is 554 g/mol. The van der Waals surface area contributed by atoms with Gasteiger partial charge in [-0.05, 0) is 64.3 Å². The van der Waals surface area contributed by atoms with Gasteiger partial charge in [-0.25, -0.2) is 4.99 Å². The van der Waals surface area contributed by atoms with Crippen LogP contribution in [0.25, 0.3) is 0 Å². The van der Waals surface area contributed by atoms with Crippen LogP contribution in [0, 0.1) is 13.8 Å². The molecule has 0 saturated carbocycles. The maximum Gasteiger partial charge on any atom is 0.226 e. The molecular weight excluding hydrogens is 519 g/mol.